The normalized spacial score (nSPS) is 19.4. The molecule has 1 saturated heterocycles. The highest BCUT2D eigenvalue weighted by Crippen LogP contribution is 2.32. The van der Waals surface area contributed by atoms with Crippen molar-refractivity contribution in [1.29, 1.82) is 0 Å². The molecule has 0 amide bonds. The minimum Gasteiger partial charge on any atom is -0.467 e. The van der Waals surface area contributed by atoms with Crippen LogP contribution in [0.1, 0.15) is 18.1 Å². The highest BCUT2D eigenvalue weighted by Gasteiger charge is 2.29. The van der Waals surface area contributed by atoms with Gasteiger partial charge in [0.25, 0.3) is 5.88 Å². The van der Waals surface area contributed by atoms with Crippen molar-refractivity contribution < 1.29 is 13.5 Å². The highest BCUT2D eigenvalue weighted by atomic mass is 19.1. The van der Waals surface area contributed by atoms with Gasteiger partial charge >= 0.3 is 0 Å². The zero-order valence-electron chi connectivity index (χ0n) is 11.4. The lowest BCUT2D eigenvalue weighted by molar-refractivity contribution is 0.131. The Bertz CT molecular complexity index is 600. The second-order valence-corrected chi connectivity index (χ2v) is 5.14. The maximum Gasteiger partial charge on any atom is 0.251 e. The number of halogens is 2. The number of benzene rings is 1. The zero-order valence-corrected chi connectivity index (χ0v) is 11.4. The molecule has 0 spiro atoms. The van der Waals surface area contributed by atoms with Gasteiger partial charge in [0.15, 0.2) is 5.82 Å². The quantitative estimate of drug-likeness (QED) is 0.939. The average Bonchev–Trinajstić information content (AvgIpc) is 3.01. The van der Waals surface area contributed by atoms with Crippen LogP contribution in [0.15, 0.2) is 42.6 Å². The monoisotopic (exact) mass is 290 g/mol. The minimum absolute atomic E-state index is 0.155. The molecular formula is C16H16F2N2O. The molecule has 21 heavy (non-hydrogen) atoms. The Kier molecular flexibility index (Phi) is 4.10. The number of nitrogens with one attached hydrogen (secondary N) is 1. The summed E-state index contributed by atoms with van der Waals surface area (Å²) >= 11 is 0. The highest BCUT2D eigenvalue weighted by molar-refractivity contribution is 5.22. The van der Waals surface area contributed by atoms with E-state index in [-0.39, 0.29) is 17.9 Å². The summed E-state index contributed by atoms with van der Waals surface area (Å²) in [6, 6.07) is 10.4. The first kappa shape index (κ1) is 13.9. The molecule has 0 bridgehead atoms. The Morgan fingerprint density at radius 2 is 2.05 bits per heavy atom. The van der Waals surface area contributed by atoms with Crippen LogP contribution < -0.4 is 10.1 Å². The van der Waals surface area contributed by atoms with Crippen LogP contribution >= 0.6 is 0 Å². The summed E-state index contributed by atoms with van der Waals surface area (Å²) in [5, 5.41) is 3.28. The molecule has 2 atom stereocenters. The van der Waals surface area contributed by atoms with Gasteiger partial charge in [-0.3, -0.25) is 0 Å². The Labute approximate surface area is 122 Å². The fourth-order valence-electron chi connectivity index (χ4n) is 2.62. The fourth-order valence-corrected chi connectivity index (χ4v) is 2.62. The van der Waals surface area contributed by atoms with E-state index in [0.717, 1.165) is 37.3 Å². The molecule has 0 saturated carbocycles. The van der Waals surface area contributed by atoms with Gasteiger partial charge in [-0.1, -0.05) is 30.3 Å². The Morgan fingerprint density at radius 3 is 2.71 bits per heavy atom. The van der Waals surface area contributed by atoms with Gasteiger partial charge in [-0.25, -0.2) is 13.8 Å². The number of rotatable bonds is 4. The number of aromatic nitrogens is 1. The molecule has 2 heterocycles. The van der Waals surface area contributed by atoms with E-state index in [1.165, 1.54) is 0 Å². The first-order valence-corrected chi connectivity index (χ1v) is 6.97. The third-order valence-corrected chi connectivity index (χ3v) is 3.67. The van der Waals surface area contributed by atoms with Crippen molar-refractivity contribution in [2.75, 3.05) is 13.1 Å². The van der Waals surface area contributed by atoms with Gasteiger partial charge in [0.2, 0.25) is 0 Å². The van der Waals surface area contributed by atoms with Gasteiger partial charge in [-0.15, -0.1) is 0 Å². The average molecular weight is 290 g/mol. The van der Waals surface area contributed by atoms with Crippen molar-refractivity contribution in [1.82, 2.24) is 10.3 Å². The van der Waals surface area contributed by atoms with Crippen LogP contribution in [0.25, 0.3) is 0 Å². The predicted octanol–water partition coefficient (Wildman–Crippen LogP) is 3.09. The summed E-state index contributed by atoms with van der Waals surface area (Å²) < 4.78 is 32.5. The molecule has 1 aromatic carbocycles. The molecule has 3 nitrogen and oxygen atoms in total. The summed E-state index contributed by atoms with van der Waals surface area (Å²) in [4.78, 5) is 3.72. The smallest absolute Gasteiger partial charge is 0.251 e. The van der Waals surface area contributed by atoms with Gasteiger partial charge in [-0.05, 0) is 18.5 Å². The molecule has 1 unspecified atom stereocenters. The van der Waals surface area contributed by atoms with Gasteiger partial charge < -0.3 is 10.1 Å². The lowest BCUT2D eigenvalue weighted by atomic mass is 9.95. The van der Waals surface area contributed by atoms with Crippen molar-refractivity contribution in [3.8, 4) is 5.88 Å². The molecule has 2 aromatic rings. The van der Waals surface area contributed by atoms with Crippen molar-refractivity contribution in [2.45, 2.75) is 12.5 Å². The number of pyridine rings is 1. The summed E-state index contributed by atoms with van der Waals surface area (Å²) in [5.41, 5.74) is 0.969. The molecule has 1 aliphatic rings. The van der Waals surface area contributed by atoms with E-state index in [1.54, 1.807) is 0 Å². The van der Waals surface area contributed by atoms with Crippen LogP contribution in [0.2, 0.25) is 0 Å². The number of nitrogens with zero attached hydrogens (tertiary/aromatic N) is 1. The third kappa shape index (κ3) is 3.19. The molecule has 0 radical (unpaired) electrons. The summed E-state index contributed by atoms with van der Waals surface area (Å²) in [6.07, 6.45) is 1.61. The summed E-state index contributed by atoms with van der Waals surface area (Å²) in [5.74, 6) is -1.41. The van der Waals surface area contributed by atoms with Gasteiger partial charge in [-0.2, -0.15) is 0 Å². The standard InChI is InChI=1S/C16H16F2N2O/c17-13-8-14(18)16(20-10-13)21-15(12-6-7-19-9-12)11-4-2-1-3-5-11/h1-5,8,10,12,15,19H,6-7,9H2/t12-,15?/m1/s1. The second-order valence-electron chi connectivity index (χ2n) is 5.14. The largest absolute Gasteiger partial charge is 0.467 e. The molecule has 1 N–H and O–H groups in total. The van der Waals surface area contributed by atoms with Crippen molar-refractivity contribution >= 4 is 0 Å². The topological polar surface area (TPSA) is 34.1 Å². The van der Waals surface area contributed by atoms with Gasteiger partial charge in [0, 0.05) is 18.5 Å². The van der Waals surface area contributed by atoms with Crippen molar-refractivity contribution in [2.24, 2.45) is 5.92 Å². The predicted molar refractivity (Wildman–Crippen MR) is 74.9 cm³/mol. The van der Waals surface area contributed by atoms with E-state index < -0.39 is 11.6 Å². The molecule has 1 aromatic heterocycles. The molecule has 5 heteroatoms. The van der Waals surface area contributed by atoms with Crippen LogP contribution in [-0.2, 0) is 0 Å². The molecule has 1 aliphatic heterocycles. The van der Waals surface area contributed by atoms with Crippen LogP contribution in [0.3, 0.4) is 0 Å². The fraction of sp³-hybridized carbons (Fsp3) is 0.312. The Morgan fingerprint density at radius 1 is 1.24 bits per heavy atom. The molecular weight excluding hydrogens is 274 g/mol. The first-order valence-electron chi connectivity index (χ1n) is 6.97. The molecule has 110 valence electrons. The van der Waals surface area contributed by atoms with Crippen LogP contribution in [0.4, 0.5) is 8.78 Å². The summed E-state index contributed by atoms with van der Waals surface area (Å²) in [6.45, 7) is 1.72. The van der Waals surface area contributed by atoms with Crippen LogP contribution in [-0.4, -0.2) is 18.1 Å². The number of ether oxygens (including phenoxy) is 1. The minimum atomic E-state index is -0.776. The van der Waals surface area contributed by atoms with Crippen LogP contribution in [0.5, 0.6) is 5.88 Å². The molecule has 1 fully saturated rings. The Balaban J connectivity index is 1.88. The van der Waals surface area contributed by atoms with E-state index in [9.17, 15) is 8.78 Å². The molecule has 0 aliphatic carbocycles. The van der Waals surface area contributed by atoms with E-state index in [0.29, 0.717) is 0 Å². The van der Waals surface area contributed by atoms with Gasteiger partial charge in [0.1, 0.15) is 11.9 Å². The third-order valence-electron chi connectivity index (χ3n) is 3.67. The lowest BCUT2D eigenvalue weighted by Crippen LogP contribution is -2.22. The lowest BCUT2D eigenvalue weighted by Gasteiger charge is -2.24. The van der Waals surface area contributed by atoms with Crippen molar-refractivity contribution in [3.05, 3.63) is 59.8 Å². The maximum absolute atomic E-state index is 13.8. The van der Waals surface area contributed by atoms with Crippen LogP contribution in [0, 0.1) is 17.6 Å². The zero-order chi connectivity index (χ0) is 14.7. The molecule has 3 rings (SSSR count). The van der Waals surface area contributed by atoms with E-state index in [4.69, 9.17) is 4.74 Å². The van der Waals surface area contributed by atoms with E-state index >= 15 is 0 Å². The summed E-state index contributed by atoms with van der Waals surface area (Å²) in [7, 11) is 0. The first-order chi connectivity index (χ1) is 10.2. The van der Waals surface area contributed by atoms with Crippen molar-refractivity contribution in [3.63, 3.8) is 0 Å². The number of hydrogen-bond acceptors (Lipinski definition) is 3. The second kappa shape index (κ2) is 6.18. The van der Waals surface area contributed by atoms with Gasteiger partial charge in [0.05, 0.1) is 6.20 Å². The SMILES string of the molecule is Fc1cnc(OC(c2ccccc2)[C@@H]2CCNC2)c(F)c1. The maximum atomic E-state index is 13.8. The van der Waals surface area contributed by atoms with E-state index in [2.05, 4.69) is 10.3 Å². The Hall–Kier alpha value is -2.01. The van der Waals surface area contributed by atoms with E-state index in [1.807, 2.05) is 30.3 Å². The number of hydrogen-bond donors (Lipinski definition) is 1.